The number of anilines is 1. The van der Waals surface area contributed by atoms with Gasteiger partial charge in [-0.25, -0.2) is 9.50 Å². The minimum absolute atomic E-state index is 0.316. The van der Waals surface area contributed by atoms with Crippen LogP contribution in [0, 0.1) is 6.92 Å². The lowest BCUT2D eigenvalue weighted by molar-refractivity contribution is 0.102. The molecule has 0 unspecified atom stereocenters. The van der Waals surface area contributed by atoms with Crippen LogP contribution in [0.2, 0.25) is 5.02 Å². The summed E-state index contributed by atoms with van der Waals surface area (Å²) in [6, 6.07) is 14.9. The molecule has 0 saturated heterocycles. The molecule has 4 rings (SSSR count). The summed E-state index contributed by atoms with van der Waals surface area (Å²) in [6.45, 7) is 1.83. The number of aryl methyl sites for hydroxylation is 1. The molecule has 0 spiro atoms. The van der Waals surface area contributed by atoms with Crippen molar-refractivity contribution in [3.63, 3.8) is 0 Å². The fourth-order valence-corrected chi connectivity index (χ4v) is 3.23. The summed E-state index contributed by atoms with van der Waals surface area (Å²) in [5.41, 5.74) is 4.21. The monoisotopic (exact) mass is 392 g/mol. The maximum atomic E-state index is 12.8. The summed E-state index contributed by atoms with van der Waals surface area (Å²) in [5, 5.41) is 7.75. The average Bonchev–Trinajstić information content (AvgIpc) is 3.14. The molecule has 0 saturated carbocycles. The number of carbonyl (C=O) groups excluding carboxylic acids is 1. The predicted molar refractivity (Wildman–Crippen MR) is 109 cm³/mol. The highest BCUT2D eigenvalue weighted by Gasteiger charge is 2.17. The van der Waals surface area contributed by atoms with E-state index in [4.69, 9.17) is 16.3 Å². The van der Waals surface area contributed by atoms with Gasteiger partial charge in [-0.3, -0.25) is 4.79 Å². The SMILES string of the molecule is COc1ccc(Cl)cc1NC(=O)c1cnc2c(-c3ccccc3)cnn2c1C. The predicted octanol–water partition coefficient (Wildman–Crippen LogP) is 4.62. The van der Waals surface area contributed by atoms with Gasteiger partial charge in [-0.1, -0.05) is 41.9 Å². The topological polar surface area (TPSA) is 68.5 Å². The molecular formula is C21H17ClN4O2. The van der Waals surface area contributed by atoms with Gasteiger partial charge >= 0.3 is 0 Å². The van der Waals surface area contributed by atoms with Crippen LogP contribution in [0.15, 0.2) is 60.9 Å². The van der Waals surface area contributed by atoms with Crippen molar-refractivity contribution < 1.29 is 9.53 Å². The van der Waals surface area contributed by atoms with Crippen LogP contribution < -0.4 is 10.1 Å². The maximum Gasteiger partial charge on any atom is 0.259 e. The number of methoxy groups -OCH3 is 1. The Morgan fingerprint density at radius 2 is 1.93 bits per heavy atom. The Morgan fingerprint density at radius 3 is 2.68 bits per heavy atom. The zero-order valence-corrected chi connectivity index (χ0v) is 16.1. The highest BCUT2D eigenvalue weighted by Crippen LogP contribution is 2.29. The van der Waals surface area contributed by atoms with Crippen LogP contribution in [0.3, 0.4) is 0 Å². The molecule has 0 bridgehead atoms. The molecule has 0 aliphatic rings. The van der Waals surface area contributed by atoms with Crippen LogP contribution in [-0.4, -0.2) is 27.6 Å². The molecule has 0 atom stereocenters. The quantitative estimate of drug-likeness (QED) is 0.550. The van der Waals surface area contributed by atoms with Crippen molar-refractivity contribution in [3.05, 3.63) is 77.2 Å². The first-order chi connectivity index (χ1) is 13.6. The van der Waals surface area contributed by atoms with Gasteiger partial charge in [0.15, 0.2) is 5.65 Å². The lowest BCUT2D eigenvalue weighted by atomic mass is 10.1. The van der Waals surface area contributed by atoms with Crippen LogP contribution >= 0.6 is 11.6 Å². The van der Waals surface area contributed by atoms with E-state index in [0.717, 1.165) is 11.1 Å². The first-order valence-corrected chi connectivity index (χ1v) is 9.00. The number of halogens is 1. The number of fused-ring (bicyclic) bond motifs is 1. The van der Waals surface area contributed by atoms with Crippen LogP contribution in [0.5, 0.6) is 5.75 Å². The molecule has 1 N–H and O–H groups in total. The van der Waals surface area contributed by atoms with Gasteiger partial charge in [-0.15, -0.1) is 0 Å². The molecule has 4 aromatic rings. The maximum absolute atomic E-state index is 12.8. The van der Waals surface area contributed by atoms with Crippen LogP contribution in [0.25, 0.3) is 16.8 Å². The van der Waals surface area contributed by atoms with E-state index in [9.17, 15) is 4.79 Å². The third-order valence-electron chi connectivity index (χ3n) is 4.51. The number of carbonyl (C=O) groups is 1. The number of hydrogen-bond donors (Lipinski definition) is 1. The van der Waals surface area contributed by atoms with Gasteiger partial charge in [0.2, 0.25) is 0 Å². The highest BCUT2D eigenvalue weighted by molar-refractivity contribution is 6.31. The third-order valence-corrected chi connectivity index (χ3v) is 4.74. The van der Waals surface area contributed by atoms with Gasteiger partial charge in [-0.05, 0) is 30.7 Å². The first kappa shape index (κ1) is 18.0. The van der Waals surface area contributed by atoms with Crippen LogP contribution in [0.1, 0.15) is 16.1 Å². The van der Waals surface area contributed by atoms with E-state index in [1.165, 1.54) is 7.11 Å². The van der Waals surface area contributed by atoms with Crippen LogP contribution in [0.4, 0.5) is 5.69 Å². The van der Waals surface area contributed by atoms with E-state index in [0.29, 0.717) is 33.4 Å². The van der Waals surface area contributed by atoms with Crippen molar-refractivity contribution in [2.24, 2.45) is 0 Å². The molecule has 6 nitrogen and oxygen atoms in total. The number of nitrogens with zero attached hydrogens (tertiary/aromatic N) is 3. The van der Waals surface area contributed by atoms with Crippen molar-refractivity contribution in [1.82, 2.24) is 14.6 Å². The Morgan fingerprint density at radius 1 is 1.14 bits per heavy atom. The van der Waals surface area contributed by atoms with E-state index in [2.05, 4.69) is 15.4 Å². The molecule has 1 amide bonds. The van der Waals surface area contributed by atoms with E-state index in [1.807, 2.05) is 37.3 Å². The lowest BCUT2D eigenvalue weighted by Crippen LogP contribution is -2.16. The first-order valence-electron chi connectivity index (χ1n) is 8.62. The van der Waals surface area contributed by atoms with Crippen molar-refractivity contribution in [1.29, 1.82) is 0 Å². The standard InChI is InChI=1S/C21H17ClN4O2/c1-13-16(21(27)25-18-10-15(22)8-9-19(18)28-2)11-23-20-17(12-24-26(13)20)14-6-4-3-5-7-14/h3-12H,1-2H3,(H,25,27). The minimum Gasteiger partial charge on any atom is -0.495 e. The minimum atomic E-state index is -0.316. The van der Waals surface area contributed by atoms with Crippen molar-refractivity contribution >= 4 is 28.8 Å². The Balaban J connectivity index is 1.71. The normalized spacial score (nSPS) is 10.8. The van der Waals surface area contributed by atoms with Crippen LogP contribution in [-0.2, 0) is 0 Å². The van der Waals surface area contributed by atoms with E-state index in [-0.39, 0.29) is 5.91 Å². The molecule has 0 aliphatic carbocycles. The number of hydrogen-bond acceptors (Lipinski definition) is 4. The van der Waals surface area contributed by atoms with E-state index in [1.54, 1.807) is 35.1 Å². The Hall–Kier alpha value is -3.38. The third kappa shape index (κ3) is 3.18. The van der Waals surface area contributed by atoms with Crippen molar-refractivity contribution in [2.75, 3.05) is 12.4 Å². The molecule has 2 aromatic heterocycles. The van der Waals surface area contributed by atoms with Gasteiger partial charge < -0.3 is 10.1 Å². The number of rotatable bonds is 4. The largest absolute Gasteiger partial charge is 0.495 e. The second kappa shape index (κ2) is 7.32. The van der Waals surface area contributed by atoms with Gasteiger partial charge in [-0.2, -0.15) is 5.10 Å². The Bertz CT molecular complexity index is 1170. The summed E-state index contributed by atoms with van der Waals surface area (Å²) in [7, 11) is 1.53. The summed E-state index contributed by atoms with van der Waals surface area (Å²) >= 11 is 6.04. The Kier molecular flexibility index (Phi) is 4.71. The molecule has 28 heavy (non-hydrogen) atoms. The summed E-state index contributed by atoms with van der Waals surface area (Å²) in [5.74, 6) is 0.208. The molecule has 140 valence electrons. The molecule has 7 heteroatoms. The number of ether oxygens (including phenoxy) is 1. The molecular weight excluding hydrogens is 376 g/mol. The van der Waals surface area contributed by atoms with Gasteiger partial charge in [0.25, 0.3) is 5.91 Å². The fraction of sp³-hybridized carbons (Fsp3) is 0.0952. The summed E-state index contributed by atoms with van der Waals surface area (Å²) in [6.07, 6.45) is 3.32. The number of benzene rings is 2. The number of amides is 1. The number of nitrogens with one attached hydrogen (secondary N) is 1. The lowest BCUT2D eigenvalue weighted by Gasteiger charge is -2.12. The van der Waals surface area contributed by atoms with Gasteiger partial charge in [0, 0.05) is 16.8 Å². The molecule has 2 aromatic carbocycles. The second-order valence-corrected chi connectivity index (χ2v) is 6.65. The van der Waals surface area contributed by atoms with Crippen molar-refractivity contribution in [3.8, 4) is 16.9 Å². The van der Waals surface area contributed by atoms with E-state index >= 15 is 0 Å². The summed E-state index contributed by atoms with van der Waals surface area (Å²) < 4.78 is 6.96. The van der Waals surface area contributed by atoms with Gasteiger partial charge in [0.05, 0.1) is 30.3 Å². The molecule has 0 fully saturated rings. The Labute approximate surface area is 166 Å². The van der Waals surface area contributed by atoms with E-state index < -0.39 is 0 Å². The average molecular weight is 393 g/mol. The van der Waals surface area contributed by atoms with Crippen molar-refractivity contribution in [2.45, 2.75) is 6.92 Å². The zero-order valence-electron chi connectivity index (χ0n) is 15.3. The zero-order chi connectivity index (χ0) is 19.7. The smallest absolute Gasteiger partial charge is 0.259 e. The number of aromatic nitrogens is 3. The second-order valence-electron chi connectivity index (χ2n) is 6.22. The molecule has 2 heterocycles. The van der Waals surface area contributed by atoms with Gasteiger partial charge in [0.1, 0.15) is 5.75 Å². The fourth-order valence-electron chi connectivity index (χ4n) is 3.06. The summed E-state index contributed by atoms with van der Waals surface area (Å²) in [4.78, 5) is 17.3. The molecule has 0 aliphatic heterocycles. The highest BCUT2D eigenvalue weighted by atomic mass is 35.5. The molecule has 0 radical (unpaired) electrons.